The minimum Gasteiger partial charge on any atom is -0.493 e. The molecule has 0 spiro atoms. The number of H-pyrrole nitrogens is 1. The Hall–Kier alpha value is -1.01. The van der Waals surface area contributed by atoms with Gasteiger partial charge in [0.2, 0.25) is 5.88 Å². The number of thioether (sulfide) groups is 1. The van der Waals surface area contributed by atoms with Crippen molar-refractivity contribution in [3.63, 3.8) is 0 Å². The van der Waals surface area contributed by atoms with Crippen LogP contribution in [-0.4, -0.2) is 40.5 Å². The summed E-state index contributed by atoms with van der Waals surface area (Å²) in [5.41, 5.74) is 0.124. The van der Waals surface area contributed by atoms with Gasteiger partial charge in [0, 0.05) is 0 Å². The second kappa shape index (κ2) is 7.55. The number of aromatic nitrogens is 2. The molecular weight excluding hydrogens is 262 g/mol. The summed E-state index contributed by atoms with van der Waals surface area (Å²) < 4.78 is 0. The Kier molecular flexibility index (Phi) is 6.37. The second-order valence-electron chi connectivity index (χ2n) is 4.82. The topological polar surface area (TPSA) is 70.4 Å². The van der Waals surface area contributed by atoms with Crippen LogP contribution in [0.15, 0.2) is 9.95 Å². The minimum atomic E-state index is -0.236. The molecule has 1 rings (SSSR count). The van der Waals surface area contributed by atoms with Crippen LogP contribution in [-0.2, 0) is 0 Å². The standard InChI is InChI=1S/C13H23N3O2S/c1-5-16(6-2)7-8-19-13-14-11(17)10(9(3)4)12(18)15-13/h9H,5-8H2,1-4H3,(H2,14,15,17,18)/p+1. The van der Waals surface area contributed by atoms with Gasteiger partial charge in [0.15, 0.2) is 5.16 Å². The van der Waals surface area contributed by atoms with Crippen LogP contribution in [0.25, 0.3) is 0 Å². The molecule has 108 valence electrons. The van der Waals surface area contributed by atoms with E-state index in [-0.39, 0.29) is 17.4 Å². The lowest BCUT2D eigenvalue weighted by Crippen LogP contribution is -3.11. The maximum absolute atomic E-state index is 11.8. The van der Waals surface area contributed by atoms with E-state index in [0.717, 1.165) is 25.4 Å². The van der Waals surface area contributed by atoms with Crippen molar-refractivity contribution in [1.82, 2.24) is 9.97 Å². The SMILES string of the molecule is CC[NH+](CC)CCSc1nc(O)c(C(C)C)c(=O)[nH]1. The fraction of sp³-hybridized carbons (Fsp3) is 0.692. The number of nitrogens with zero attached hydrogens (tertiary/aromatic N) is 1. The average Bonchev–Trinajstić information content (AvgIpc) is 2.33. The summed E-state index contributed by atoms with van der Waals surface area (Å²) in [6.07, 6.45) is 0. The Morgan fingerprint density at radius 3 is 2.47 bits per heavy atom. The van der Waals surface area contributed by atoms with Gasteiger partial charge < -0.3 is 15.0 Å². The molecule has 0 atom stereocenters. The van der Waals surface area contributed by atoms with E-state index in [0.29, 0.717) is 10.7 Å². The number of aromatic hydroxyl groups is 1. The fourth-order valence-corrected chi connectivity index (χ4v) is 2.83. The van der Waals surface area contributed by atoms with E-state index >= 15 is 0 Å². The number of aromatic amines is 1. The lowest BCUT2D eigenvalue weighted by Gasteiger charge is -2.14. The Balaban J connectivity index is 2.69. The summed E-state index contributed by atoms with van der Waals surface area (Å²) in [6, 6.07) is 0. The van der Waals surface area contributed by atoms with Crippen LogP contribution in [0.5, 0.6) is 5.88 Å². The number of hydrogen-bond donors (Lipinski definition) is 3. The molecule has 0 aliphatic rings. The van der Waals surface area contributed by atoms with Gasteiger partial charge in [0.1, 0.15) is 0 Å². The van der Waals surface area contributed by atoms with Gasteiger partial charge in [0.05, 0.1) is 31.0 Å². The van der Waals surface area contributed by atoms with Gasteiger partial charge in [-0.15, -0.1) is 0 Å². The van der Waals surface area contributed by atoms with Crippen LogP contribution in [0.2, 0.25) is 0 Å². The van der Waals surface area contributed by atoms with Crippen LogP contribution in [0, 0.1) is 0 Å². The van der Waals surface area contributed by atoms with E-state index in [2.05, 4.69) is 23.8 Å². The molecule has 0 saturated carbocycles. The molecule has 0 aliphatic carbocycles. The molecule has 6 heteroatoms. The number of hydrogen-bond acceptors (Lipinski definition) is 4. The molecule has 0 aliphatic heterocycles. The molecule has 3 N–H and O–H groups in total. The average molecular weight is 286 g/mol. The van der Waals surface area contributed by atoms with E-state index in [4.69, 9.17) is 0 Å². The van der Waals surface area contributed by atoms with Crippen molar-refractivity contribution in [1.29, 1.82) is 0 Å². The third kappa shape index (κ3) is 4.54. The molecule has 0 fully saturated rings. The Morgan fingerprint density at radius 2 is 2.00 bits per heavy atom. The first-order valence-electron chi connectivity index (χ1n) is 6.79. The first-order chi connectivity index (χ1) is 8.99. The molecule has 1 aromatic heterocycles. The maximum Gasteiger partial charge on any atom is 0.258 e. The van der Waals surface area contributed by atoms with Crippen LogP contribution in [0.4, 0.5) is 0 Å². The summed E-state index contributed by atoms with van der Waals surface area (Å²) in [4.78, 5) is 20.1. The molecule has 0 amide bonds. The van der Waals surface area contributed by atoms with Crippen molar-refractivity contribution < 1.29 is 10.0 Å². The molecule has 1 heterocycles. The molecule has 0 saturated heterocycles. The molecular formula is C13H24N3O2S+. The zero-order valence-corrected chi connectivity index (χ0v) is 12.9. The zero-order valence-electron chi connectivity index (χ0n) is 12.1. The van der Waals surface area contributed by atoms with Gasteiger partial charge in [-0.2, -0.15) is 4.98 Å². The number of quaternary nitrogens is 1. The van der Waals surface area contributed by atoms with E-state index in [1.807, 2.05) is 13.8 Å². The second-order valence-corrected chi connectivity index (χ2v) is 5.90. The Labute approximate surface area is 118 Å². The maximum atomic E-state index is 11.8. The first-order valence-corrected chi connectivity index (χ1v) is 7.77. The zero-order chi connectivity index (χ0) is 14.4. The van der Waals surface area contributed by atoms with Crippen LogP contribution < -0.4 is 10.5 Å². The monoisotopic (exact) mass is 286 g/mol. The van der Waals surface area contributed by atoms with Crippen LogP contribution in [0.1, 0.15) is 39.2 Å². The molecule has 0 radical (unpaired) electrons. The van der Waals surface area contributed by atoms with E-state index in [1.54, 1.807) is 0 Å². The highest BCUT2D eigenvalue weighted by molar-refractivity contribution is 7.99. The first kappa shape index (κ1) is 16.0. The van der Waals surface area contributed by atoms with Crippen molar-refractivity contribution in [2.24, 2.45) is 0 Å². The number of rotatable bonds is 7. The van der Waals surface area contributed by atoms with Gasteiger partial charge in [0.25, 0.3) is 5.56 Å². The third-order valence-electron chi connectivity index (χ3n) is 3.19. The van der Waals surface area contributed by atoms with Crippen molar-refractivity contribution in [2.45, 2.75) is 38.8 Å². The summed E-state index contributed by atoms with van der Waals surface area (Å²) >= 11 is 1.48. The highest BCUT2D eigenvalue weighted by Crippen LogP contribution is 2.21. The van der Waals surface area contributed by atoms with E-state index < -0.39 is 0 Å². The molecule has 0 aromatic carbocycles. The number of nitrogens with one attached hydrogen (secondary N) is 2. The lowest BCUT2D eigenvalue weighted by molar-refractivity contribution is -0.893. The fourth-order valence-electron chi connectivity index (χ4n) is 1.93. The Morgan fingerprint density at radius 1 is 1.37 bits per heavy atom. The summed E-state index contributed by atoms with van der Waals surface area (Å²) in [6.45, 7) is 11.3. The predicted octanol–water partition coefficient (Wildman–Crippen LogP) is 0.616. The highest BCUT2D eigenvalue weighted by atomic mass is 32.2. The normalized spacial score (nSPS) is 11.5. The van der Waals surface area contributed by atoms with Crippen molar-refractivity contribution in [3.8, 4) is 5.88 Å². The van der Waals surface area contributed by atoms with Gasteiger partial charge >= 0.3 is 0 Å². The van der Waals surface area contributed by atoms with Gasteiger partial charge in [-0.3, -0.25) is 4.79 Å². The Bertz CT molecular complexity index is 456. The van der Waals surface area contributed by atoms with Crippen LogP contribution in [0.3, 0.4) is 0 Å². The molecule has 0 unspecified atom stereocenters. The van der Waals surface area contributed by atoms with Crippen molar-refractivity contribution in [3.05, 3.63) is 15.9 Å². The molecule has 0 bridgehead atoms. The molecule has 5 nitrogen and oxygen atoms in total. The third-order valence-corrected chi connectivity index (χ3v) is 4.06. The quantitative estimate of drug-likeness (QED) is 0.507. The van der Waals surface area contributed by atoms with Crippen LogP contribution >= 0.6 is 11.8 Å². The minimum absolute atomic E-state index is 0.0320. The van der Waals surface area contributed by atoms with E-state index in [1.165, 1.54) is 16.7 Å². The molecule has 1 aromatic rings. The summed E-state index contributed by atoms with van der Waals surface area (Å²) in [5, 5.41) is 10.3. The van der Waals surface area contributed by atoms with E-state index in [9.17, 15) is 9.90 Å². The smallest absolute Gasteiger partial charge is 0.258 e. The van der Waals surface area contributed by atoms with Gasteiger partial charge in [-0.05, 0) is 19.8 Å². The largest absolute Gasteiger partial charge is 0.493 e. The van der Waals surface area contributed by atoms with Crippen molar-refractivity contribution in [2.75, 3.05) is 25.4 Å². The molecule has 19 heavy (non-hydrogen) atoms. The van der Waals surface area contributed by atoms with Crippen molar-refractivity contribution >= 4 is 11.8 Å². The highest BCUT2D eigenvalue weighted by Gasteiger charge is 2.14. The van der Waals surface area contributed by atoms with Gasteiger partial charge in [-0.25, -0.2) is 0 Å². The summed E-state index contributed by atoms with van der Waals surface area (Å²) in [7, 11) is 0. The van der Waals surface area contributed by atoms with Gasteiger partial charge in [-0.1, -0.05) is 25.6 Å². The lowest BCUT2D eigenvalue weighted by atomic mass is 10.1. The predicted molar refractivity (Wildman–Crippen MR) is 78.2 cm³/mol. The summed E-state index contributed by atoms with van der Waals surface area (Å²) in [5.74, 6) is 0.701.